The van der Waals surface area contributed by atoms with Gasteiger partial charge >= 0.3 is 5.97 Å². The Hall–Kier alpha value is -3.74. The lowest BCUT2D eigenvalue weighted by Crippen LogP contribution is -2.41. The molecule has 0 radical (unpaired) electrons. The molecule has 4 rings (SSSR count). The number of carbonyl (C=O) groups is 2. The van der Waals surface area contributed by atoms with Crippen LogP contribution >= 0.6 is 0 Å². The molecule has 34 heavy (non-hydrogen) atoms. The first kappa shape index (κ1) is 23.4. The molecule has 0 saturated carbocycles. The van der Waals surface area contributed by atoms with E-state index in [-0.39, 0.29) is 12.4 Å². The second-order valence-electron chi connectivity index (χ2n) is 8.31. The van der Waals surface area contributed by atoms with Gasteiger partial charge in [0.25, 0.3) is 0 Å². The van der Waals surface area contributed by atoms with Gasteiger partial charge < -0.3 is 24.3 Å². The van der Waals surface area contributed by atoms with E-state index >= 15 is 0 Å². The van der Waals surface area contributed by atoms with E-state index in [1.165, 1.54) is 0 Å². The van der Waals surface area contributed by atoms with Crippen molar-refractivity contribution in [1.82, 2.24) is 5.32 Å². The molecule has 7 nitrogen and oxygen atoms in total. The predicted octanol–water partition coefficient (Wildman–Crippen LogP) is 4.28. The van der Waals surface area contributed by atoms with Crippen LogP contribution in [0.3, 0.4) is 0 Å². The van der Waals surface area contributed by atoms with Gasteiger partial charge in [0, 0.05) is 34.9 Å². The molecule has 0 amide bonds. The van der Waals surface area contributed by atoms with E-state index in [4.69, 9.17) is 18.9 Å². The maximum Gasteiger partial charge on any atom is 0.316 e. The van der Waals surface area contributed by atoms with Crippen LogP contribution in [0.4, 0.5) is 0 Å². The van der Waals surface area contributed by atoms with Gasteiger partial charge in [-0.1, -0.05) is 30.8 Å². The van der Waals surface area contributed by atoms with Crippen LogP contribution in [0.15, 0.2) is 66.0 Å². The smallest absolute Gasteiger partial charge is 0.316 e. The summed E-state index contributed by atoms with van der Waals surface area (Å²) in [6, 6.07) is 12.8. The third-order valence-electron chi connectivity index (χ3n) is 6.35. The number of methoxy groups -OCH3 is 3. The summed E-state index contributed by atoms with van der Waals surface area (Å²) in [6.45, 7) is 4.23. The molecule has 0 spiro atoms. The van der Waals surface area contributed by atoms with E-state index in [1.54, 1.807) is 27.4 Å². The van der Waals surface area contributed by atoms with Gasteiger partial charge in [-0.25, -0.2) is 0 Å². The monoisotopic (exact) mass is 463 g/mol. The first-order chi connectivity index (χ1) is 16.5. The summed E-state index contributed by atoms with van der Waals surface area (Å²) in [5.41, 5.74) is 3.43. The Morgan fingerprint density at radius 2 is 1.79 bits per heavy atom. The second-order valence-corrected chi connectivity index (χ2v) is 8.31. The topological polar surface area (TPSA) is 83.1 Å². The van der Waals surface area contributed by atoms with Crippen LogP contribution in [0, 0.1) is 5.92 Å². The van der Waals surface area contributed by atoms with Crippen LogP contribution in [-0.2, 0) is 20.9 Å². The molecule has 2 aromatic rings. The molecule has 178 valence electrons. The molecule has 2 unspecified atom stereocenters. The number of benzene rings is 2. The van der Waals surface area contributed by atoms with Gasteiger partial charge in [0.1, 0.15) is 18.3 Å². The average molecular weight is 464 g/mol. The van der Waals surface area contributed by atoms with E-state index in [1.807, 2.05) is 36.4 Å². The van der Waals surface area contributed by atoms with Crippen LogP contribution in [0.1, 0.15) is 36.3 Å². The number of rotatable bonds is 7. The van der Waals surface area contributed by atoms with Gasteiger partial charge in [0.15, 0.2) is 17.3 Å². The number of esters is 1. The van der Waals surface area contributed by atoms with Gasteiger partial charge in [-0.15, -0.1) is 0 Å². The van der Waals surface area contributed by atoms with Crippen molar-refractivity contribution in [1.29, 1.82) is 0 Å². The van der Waals surface area contributed by atoms with Crippen molar-refractivity contribution < 1.29 is 28.5 Å². The van der Waals surface area contributed by atoms with Crippen LogP contribution in [-0.4, -0.2) is 33.1 Å². The molecule has 1 heterocycles. The minimum Gasteiger partial charge on any atom is -0.497 e. The Kier molecular flexibility index (Phi) is 6.91. The van der Waals surface area contributed by atoms with Crippen LogP contribution in [0.2, 0.25) is 0 Å². The molecule has 1 N–H and O–H groups in total. The third kappa shape index (κ3) is 4.38. The highest BCUT2D eigenvalue weighted by Crippen LogP contribution is 2.48. The van der Waals surface area contributed by atoms with E-state index in [0.717, 1.165) is 29.9 Å². The molecule has 0 bridgehead atoms. The van der Waals surface area contributed by atoms with Crippen LogP contribution in [0.25, 0.3) is 0 Å². The van der Waals surface area contributed by atoms with Crippen molar-refractivity contribution in [3.8, 4) is 17.2 Å². The standard InChI is InChI=1S/C27H29NO6/c1-16-23(27(30)34-15-17-11-13-18(31-2)14-12-17)24(25-20(28-16)8-6-9-21(25)29)19-7-5-10-22(32-3)26(19)33-4/h5,7,10-14,23-24,28H,1,6,8-9,15H2,2-4H3. The molecule has 2 aromatic carbocycles. The van der Waals surface area contributed by atoms with Gasteiger partial charge in [-0.3, -0.25) is 9.59 Å². The number of para-hydroxylation sites is 1. The molecule has 0 aromatic heterocycles. The van der Waals surface area contributed by atoms with Crippen molar-refractivity contribution in [2.75, 3.05) is 21.3 Å². The minimum atomic E-state index is -0.806. The number of hydrogen-bond acceptors (Lipinski definition) is 7. The molecular weight excluding hydrogens is 434 g/mol. The van der Waals surface area contributed by atoms with E-state index in [2.05, 4.69) is 11.9 Å². The summed E-state index contributed by atoms with van der Waals surface area (Å²) in [5, 5.41) is 3.23. The number of Topliss-reactive ketones (excluding diaryl/α,β-unsaturated/α-hetero) is 1. The maximum atomic E-state index is 13.5. The van der Waals surface area contributed by atoms with Crippen LogP contribution in [0.5, 0.6) is 17.2 Å². The number of ketones is 1. The molecule has 0 fully saturated rings. The highest BCUT2D eigenvalue weighted by Gasteiger charge is 2.45. The molecule has 7 heteroatoms. The summed E-state index contributed by atoms with van der Waals surface area (Å²) >= 11 is 0. The van der Waals surface area contributed by atoms with E-state index in [9.17, 15) is 9.59 Å². The van der Waals surface area contributed by atoms with E-state index < -0.39 is 17.8 Å². The highest BCUT2D eigenvalue weighted by molar-refractivity contribution is 6.00. The molecule has 2 aliphatic rings. The predicted molar refractivity (Wildman–Crippen MR) is 127 cm³/mol. The normalized spacial score (nSPS) is 19.7. The zero-order valence-corrected chi connectivity index (χ0v) is 19.7. The SMILES string of the molecule is C=C1NC2=C(C(=O)CCC2)C(c2cccc(OC)c2OC)C1C(=O)OCc1ccc(OC)cc1. The fourth-order valence-electron chi connectivity index (χ4n) is 4.73. The van der Waals surface area contributed by atoms with Gasteiger partial charge in [-0.2, -0.15) is 0 Å². The van der Waals surface area contributed by atoms with Crippen molar-refractivity contribution in [3.63, 3.8) is 0 Å². The maximum absolute atomic E-state index is 13.5. The van der Waals surface area contributed by atoms with Crippen LogP contribution < -0.4 is 19.5 Å². The summed E-state index contributed by atoms with van der Waals surface area (Å²) in [4.78, 5) is 26.6. The molecule has 1 aliphatic heterocycles. The number of ether oxygens (including phenoxy) is 4. The van der Waals surface area contributed by atoms with Crippen molar-refractivity contribution in [3.05, 3.63) is 77.1 Å². The number of hydrogen-bond donors (Lipinski definition) is 1. The number of carbonyl (C=O) groups excluding carboxylic acids is 2. The fourth-order valence-corrected chi connectivity index (χ4v) is 4.73. The molecule has 1 aliphatic carbocycles. The Labute approximate surface area is 199 Å². The first-order valence-electron chi connectivity index (χ1n) is 11.2. The zero-order chi connectivity index (χ0) is 24.2. The lowest BCUT2D eigenvalue weighted by Gasteiger charge is -2.38. The first-order valence-corrected chi connectivity index (χ1v) is 11.2. The van der Waals surface area contributed by atoms with Crippen molar-refractivity contribution in [2.24, 2.45) is 5.92 Å². The lowest BCUT2D eigenvalue weighted by molar-refractivity contribution is -0.149. The Morgan fingerprint density at radius 3 is 2.47 bits per heavy atom. The number of allylic oxidation sites excluding steroid dienone is 2. The fraction of sp³-hybridized carbons (Fsp3) is 0.333. The van der Waals surface area contributed by atoms with Gasteiger partial charge in [0.05, 0.1) is 21.3 Å². The Morgan fingerprint density at radius 1 is 1.03 bits per heavy atom. The van der Waals surface area contributed by atoms with E-state index in [0.29, 0.717) is 34.8 Å². The molecule has 0 saturated heterocycles. The van der Waals surface area contributed by atoms with Crippen molar-refractivity contribution >= 4 is 11.8 Å². The Bertz CT molecular complexity index is 1130. The average Bonchev–Trinajstić information content (AvgIpc) is 2.86. The molecule has 2 atom stereocenters. The third-order valence-corrected chi connectivity index (χ3v) is 6.35. The van der Waals surface area contributed by atoms with Gasteiger partial charge in [-0.05, 0) is 36.6 Å². The lowest BCUT2D eigenvalue weighted by atomic mass is 9.71. The minimum absolute atomic E-state index is 0.0177. The highest BCUT2D eigenvalue weighted by atomic mass is 16.5. The molecular formula is C27H29NO6. The summed E-state index contributed by atoms with van der Waals surface area (Å²) in [5.74, 6) is -0.106. The second kappa shape index (κ2) is 10.0. The van der Waals surface area contributed by atoms with Crippen molar-refractivity contribution in [2.45, 2.75) is 31.8 Å². The summed E-state index contributed by atoms with van der Waals surface area (Å²) < 4.78 is 22.1. The summed E-state index contributed by atoms with van der Waals surface area (Å²) in [6.07, 6.45) is 1.91. The largest absolute Gasteiger partial charge is 0.497 e. The number of nitrogens with one attached hydrogen (secondary N) is 1. The summed E-state index contributed by atoms with van der Waals surface area (Å²) in [7, 11) is 4.70. The quantitative estimate of drug-likeness (QED) is 0.614. The van der Waals surface area contributed by atoms with Gasteiger partial charge in [0.2, 0.25) is 0 Å². The Balaban J connectivity index is 1.72. The zero-order valence-electron chi connectivity index (χ0n) is 19.7.